The minimum Gasteiger partial charge on any atom is -0.364 e. The fourth-order valence-corrected chi connectivity index (χ4v) is 1.75. The van der Waals surface area contributed by atoms with Gasteiger partial charge < -0.3 is 16.4 Å². The van der Waals surface area contributed by atoms with E-state index >= 15 is 0 Å². The Hall–Kier alpha value is -2.96. The van der Waals surface area contributed by atoms with Gasteiger partial charge in [-0.3, -0.25) is 9.59 Å². The smallest absolute Gasteiger partial charge is 0.271 e. The van der Waals surface area contributed by atoms with E-state index in [1.165, 1.54) is 12.4 Å². The summed E-state index contributed by atoms with van der Waals surface area (Å²) in [5, 5.41) is 5.55. The first-order valence-electron chi connectivity index (χ1n) is 6.27. The van der Waals surface area contributed by atoms with E-state index in [0.29, 0.717) is 17.9 Å². The SMILES string of the molecule is CNC(=O)c1ccc(CNc2nccnc2C(N)=O)cc1. The number of rotatable bonds is 5. The zero-order chi connectivity index (χ0) is 15.2. The van der Waals surface area contributed by atoms with Crippen LogP contribution in [-0.2, 0) is 6.54 Å². The monoisotopic (exact) mass is 285 g/mol. The van der Waals surface area contributed by atoms with Crippen molar-refractivity contribution in [2.24, 2.45) is 5.73 Å². The molecule has 0 saturated carbocycles. The van der Waals surface area contributed by atoms with Crippen LogP contribution < -0.4 is 16.4 Å². The van der Waals surface area contributed by atoms with Gasteiger partial charge in [-0.25, -0.2) is 9.97 Å². The average Bonchev–Trinajstić information content (AvgIpc) is 2.52. The van der Waals surface area contributed by atoms with Crippen LogP contribution in [0.25, 0.3) is 0 Å². The van der Waals surface area contributed by atoms with Crippen molar-refractivity contribution in [3.8, 4) is 0 Å². The van der Waals surface area contributed by atoms with Gasteiger partial charge in [0.25, 0.3) is 11.8 Å². The largest absolute Gasteiger partial charge is 0.364 e. The maximum Gasteiger partial charge on any atom is 0.271 e. The van der Waals surface area contributed by atoms with Crippen LogP contribution >= 0.6 is 0 Å². The molecule has 0 aliphatic heterocycles. The second-order valence-electron chi connectivity index (χ2n) is 4.25. The number of carbonyl (C=O) groups excluding carboxylic acids is 2. The average molecular weight is 285 g/mol. The highest BCUT2D eigenvalue weighted by Gasteiger charge is 2.10. The van der Waals surface area contributed by atoms with Gasteiger partial charge in [0, 0.05) is 31.5 Å². The van der Waals surface area contributed by atoms with Gasteiger partial charge in [0.1, 0.15) is 0 Å². The molecule has 21 heavy (non-hydrogen) atoms. The molecule has 0 spiro atoms. The first-order chi connectivity index (χ1) is 10.1. The third-order valence-corrected chi connectivity index (χ3v) is 2.83. The second kappa shape index (κ2) is 6.47. The van der Waals surface area contributed by atoms with Crippen LogP contribution in [0.15, 0.2) is 36.7 Å². The molecule has 0 aliphatic carbocycles. The maximum atomic E-state index is 11.4. The van der Waals surface area contributed by atoms with Gasteiger partial charge in [-0.1, -0.05) is 12.1 Å². The predicted molar refractivity (Wildman–Crippen MR) is 77.7 cm³/mol. The summed E-state index contributed by atoms with van der Waals surface area (Å²) in [6.07, 6.45) is 2.88. The molecule has 0 saturated heterocycles. The zero-order valence-corrected chi connectivity index (χ0v) is 11.5. The lowest BCUT2D eigenvalue weighted by atomic mass is 10.1. The van der Waals surface area contributed by atoms with Crippen LogP contribution in [0.2, 0.25) is 0 Å². The quantitative estimate of drug-likeness (QED) is 0.743. The van der Waals surface area contributed by atoms with E-state index in [1.54, 1.807) is 19.2 Å². The number of nitrogens with two attached hydrogens (primary N) is 1. The number of carbonyl (C=O) groups is 2. The Labute approximate surface area is 121 Å². The summed E-state index contributed by atoms with van der Waals surface area (Å²) in [5.74, 6) is -0.444. The number of anilines is 1. The van der Waals surface area contributed by atoms with Crippen LogP contribution in [0.1, 0.15) is 26.4 Å². The Morgan fingerprint density at radius 1 is 1.14 bits per heavy atom. The predicted octanol–water partition coefficient (Wildman–Crippen LogP) is 0.547. The number of nitrogens with one attached hydrogen (secondary N) is 2. The summed E-state index contributed by atoms with van der Waals surface area (Å²) in [5.41, 5.74) is 6.84. The summed E-state index contributed by atoms with van der Waals surface area (Å²) in [6, 6.07) is 7.08. The van der Waals surface area contributed by atoms with Crippen LogP contribution in [0.4, 0.5) is 5.82 Å². The number of hydrogen-bond donors (Lipinski definition) is 3. The minimum absolute atomic E-state index is 0.0967. The Balaban J connectivity index is 2.07. The van der Waals surface area contributed by atoms with Gasteiger partial charge in [-0.2, -0.15) is 0 Å². The normalized spacial score (nSPS) is 9.95. The lowest BCUT2D eigenvalue weighted by molar-refractivity contribution is 0.0961. The third-order valence-electron chi connectivity index (χ3n) is 2.83. The molecule has 0 aliphatic rings. The molecule has 1 heterocycles. The van der Waals surface area contributed by atoms with E-state index in [2.05, 4.69) is 20.6 Å². The Bertz CT molecular complexity index is 655. The summed E-state index contributed by atoms with van der Waals surface area (Å²) < 4.78 is 0. The molecule has 4 N–H and O–H groups in total. The maximum absolute atomic E-state index is 11.4. The van der Waals surface area contributed by atoms with Gasteiger partial charge >= 0.3 is 0 Å². The van der Waals surface area contributed by atoms with Gasteiger partial charge in [0.15, 0.2) is 11.5 Å². The number of benzene rings is 1. The van der Waals surface area contributed by atoms with Crippen molar-refractivity contribution >= 4 is 17.6 Å². The van der Waals surface area contributed by atoms with Crippen LogP contribution in [0, 0.1) is 0 Å². The van der Waals surface area contributed by atoms with Gasteiger partial charge in [-0.05, 0) is 17.7 Å². The van der Waals surface area contributed by atoms with Crippen molar-refractivity contribution in [2.45, 2.75) is 6.54 Å². The van der Waals surface area contributed by atoms with E-state index in [-0.39, 0.29) is 11.6 Å². The van der Waals surface area contributed by atoms with E-state index in [0.717, 1.165) is 5.56 Å². The molecule has 0 unspecified atom stereocenters. The van der Waals surface area contributed by atoms with Gasteiger partial charge in [-0.15, -0.1) is 0 Å². The van der Waals surface area contributed by atoms with Gasteiger partial charge in [0.2, 0.25) is 0 Å². The summed E-state index contributed by atoms with van der Waals surface area (Å²) >= 11 is 0. The first kappa shape index (κ1) is 14.4. The van der Waals surface area contributed by atoms with Gasteiger partial charge in [0.05, 0.1) is 0 Å². The number of aromatic nitrogens is 2. The molecule has 1 aromatic heterocycles. The summed E-state index contributed by atoms with van der Waals surface area (Å²) in [6.45, 7) is 0.437. The fraction of sp³-hybridized carbons (Fsp3) is 0.143. The van der Waals surface area contributed by atoms with Crippen molar-refractivity contribution in [3.05, 3.63) is 53.5 Å². The fourth-order valence-electron chi connectivity index (χ4n) is 1.75. The van der Waals surface area contributed by atoms with E-state index in [4.69, 9.17) is 5.73 Å². The summed E-state index contributed by atoms with van der Waals surface area (Å²) in [7, 11) is 1.58. The first-order valence-corrected chi connectivity index (χ1v) is 6.27. The molecular formula is C14H15N5O2. The molecule has 0 atom stereocenters. The topological polar surface area (TPSA) is 110 Å². The number of hydrogen-bond acceptors (Lipinski definition) is 5. The summed E-state index contributed by atoms with van der Waals surface area (Å²) in [4.78, 5) is 30.6. The molecule has 7 nitrogen and oxygen atoms in total. The molecular weight excluding hydrogens is 270 g/mol. The van der Waals surface area contributed by atoms with Crippen molar-refractivity contribution in [1.29, 1.82) is 0 Å². The Morgan fingerprint density at radius 2 is 1.81 bits per heavy atom. The van der Waals surface area contributed by atoms with Crippen molar-refractivity contribution in [3.63, 3.8) is 0 Å². The van der Waals surface area contributed by atoms with Crippen molar-refractivity contribution < 1.29 is 9.59 Å². The second-order valence-corrected chi connectivity index (χ2v) is 4.25. The highest BCUT2D eigenvalue weighted by molar-refractivity contribution is 5.95. The number of primary amides is 1. The zero-order valence-electron chi connectivity index (χ0n) is 11.5. The lowest BCUT2D eigenvalue weighted by Gasteiger charge is -2.08. The molecule has 2 rings (SSSR count). The molecule has 7 heteroatoms. The molecule has 0 bridgehead atoms. The molecule has 1 aromatic carbocycles. The number of nitrogens with zero attached hydrogens (tertiary/aromatic N) is 2. The van der Waals surface area contributed by atoms with Crippen molar-refractivity contribution in [1.82, 2.24) is 15.3 Å². The molecule has 0 radical (unpaired) electrons. The Morgan fingerprint density at radius 3 is 2.43 bits per heavy atom. The third kappa shape index (κ3) is 3.53. The van der Waals surface area contributed by atoms with E-state index < -0.39 is 5.91 Å². The molecule has 0 fully saturated rings. The highest BCUT2D eigenvalue weighted by Crippen LogP contribution is 2.10. The standard InChI is InChI=1S/C14H15N5O2/c1-16-14(21)10-4-2-9(3-5-10)8-19-13-11(12(15)20)17-6-7-18-13/h2-7H,8H2,1H3,(H2,15,20)(H,16,21)(H,18,19). The van der Waals surface area contributed by atoms with Crippen LogP contribution in [-0.4, -0.2) is 28.8 Å². The highest BCUT2D eigenvalue weighted by atomic mass is 16.2. The molecule has 2 aromatic rings. The minimum atomic E-state index is -0.638. The number of amides is 2. The van der Waals surface area contributed by atoms with E-state index in [1.807, 2.05) is 12.1 Å². The molecule has 2 amide bonds. The molecule has 108 valence electrons. The Kier molecular flexibility index (Phi) is 4.45. The van der Waals surface area contributed by atoms with E-state index in [9.17, 15) is 9.59 Å². The van der Waals surface area contributed by atoms with Crippen LogP contribution in [0.3, 0.4) is 0 Å². The van der Waals surface area contributed by atoms with Crippen molar-refractivity contribution in [2.75, 3.05) is 12.4 Å². The van der Waals surface area contributed by atoms with Crippen LogP contribution in [0.5, 0.6) is 0 Å². The lowest BCUT2D eigenvalue weighted by Crippen LogP contribution is -2.18.